The molecular weight excluding hydrogens is 594 g/mol. The van der Waals surface area contributed by atoms with E-state index in [0.717, 1.165) is 0 Å². The molecule has 0 spiro atoms. The number of amides is 4. The number of carbonyl (C=O) groups is 4. The van der Waals surface area contributed by atoms with E-state index in [1.807, 2.05) is 6.92 Å². The molecule has 0 fully saturated rings. The Bertz CT molecular complexity index is 1760. The van der Waals surface area contributed by atoms with E-state index in [0.29, 0.717) is 33.8 Å². The molecular formula is C33H29N5O6S. The first-order valence-electron chi connectivity index (χ1n) is 13.7. The lowest BCUT2D eigenvalue weighted by Gasteiger charge is -2.16. The predicted molar refractivity (Wildman–Crippen MR) is 174 cm³/mol. The zero-order valence-corrected chi connectivity index (χ0v) is 24.9. The number of benzene rings is 4. The molecule has 4 aromatic rings. The van der Waals surface area contributed by atoms with Crippen LogP contribution < -0.4 is 21.7 Å². The van der Waals surface area contributed by atoms with Crippen LogP contribution >= 0.6 is 11.8 Å². The van der Waals surface area contributed by atoms with Crippen LogP contribution in [0.5, 0.6) is 0 Å². The lowest BCUT2D eigenvalue weighted by molar-refractivity contribution is -0.385. The predicted octanol–water partition coefficient (Wildman–Crippen LogP) is 5.61. The molecule has 0 aromatic heterocycles. The summed E-state index contributed by atoms with van der Waals surface area (Å²) in [5.41, 5.74) is 6.48. The van der Waals surface area contributed by atoms with Crippen LogP contribution in [-0.2, 0) is 9.59 Å². The molecule has 0 aliphatic heterocycles. The maximum Gasteiger partial charge on any atom is 0.276 e. The third-order valence-electron chi connectivity index (χ3n) is 6.43. The summed E-state index contributed by atoms with van der Waals surface area (Å²) in [6.07, 6.45) is 1.75. The van der Waals surface area contributed by atoms with Crippen LogP contribution in [0.2, 0.25) is 0 Å². The molecule has 5 N–H and O–H groups in total. The van der Waals surface area contributed by atoms with E-state index in [-0.39, 0.29) is 22.9 Å². The average Bonchev–Trinajstić information content (AvgIpc) is 3.04. The number of nitro groups is 1. The number of rotatable bonds is 12. The van der Waals surface area contributed by atoms with E-state index in [1.165, 1.54) is 48.2 Å². The van der Waals surface area contributed by atoms with Crippen LogP contribution in [0.3, 0.4) is 0 Å². The van der Waals surface area contributed by atoms with Crippen LogP contribution in [0.25, 0.3) is 6.08 Å². The Morgan fingerprint density at radius 2 is 1.53 bits per heavy atom. The number of primary amides is 1. The molecule has 45 heavy (non-hydrogen) atoms. The Morgan fingerprint density at radius 3 is 2.20 bits per heavy atom. The Kier molecular flexibility index (Phi) is 10.8. The highest BCUT2D eigenvalue weighted by molar-refractivity contribution is 8.00. The summed E-state index contributed by atoms with van der Waals surface area (Å²) in [7, 11) is 0. The molecule has 11 nitrogen and oxygen atoms in total. The van der Waals surface area contributed by atoms with Crippen molar-refractivity contribution >= 4 is 58.5 Å². The summed E-state index contributed by atoms with van der Waals surface area (Å²) >= 11 is 1.29. The van der Waals surface area contributed by atoms with Gasteiger partial charge >= 0.3 is 0 Å². The number of para-hydroxylation sites is 1. The first-order chi connectivity index (χ1) is 21.6. The SMILES string of the molecule is CCC(Sc1cccc(NC(=O)/C(=C\c2ccccc2[N+](=O)[O-])NC(=O)c2ccccc2)c1)C(=O)Nc1ccc(C(N)=O)cc1. The molecule has 228 valence electrons. The molecule has 0 heterocycles. The molecule has 1 unspecified atom stereocenters. The van der Waals surface area contributed by atoms with Crippen LogP contribution in [-0.4, -0.2) is 33.8 Å². The largest absolute Gasteiger partial charge is 0.366 e. The molecule has 1 atom stereocenters. The minimum absolute atomic E-state index is 0.131. The number of hydrogen-bond acceptors (Lipinski definition) is 7. The number of thioether (sulfide) groups is 1. The normalized spacial score (nSPS) is 11.6. The smallest absolute Gasteiger partial charge is 0.276 e. The van der Waals surface area contributed by atoms with Crippen molar-refractivity contribution in [1.29, 1.82) is 0 Å². The van der Waals surface area contributed by atoms with Crippen LogP contribution in [0, 0.1) is 10.1 Å². The lowest BCUT2D eigenvalue weighted by Crippen LogP contribution is -2.30. The molecule has 12 heteroatoms. The molecule has 4 aromatic carbocycles. The van der Waals surface area contributed by atoms with Crippen molar-refractivity contribution in [3.05, 3.63) is 136 Å². The summed E-state index contributed by atoms with van der Waals surface area (Å²) in [5, 5.41) is 19.3. The van der Waals surface area contributed by atoms with Gasteiger partial charge in [-0.3, -0.25) is 29.3 Å². The summed E-state index contributed by atoms with van der Waals surface area (Å²) in [6.45, 7) is 1.87. The van der Waals surface area contributed by atoms with Crippen LogP contribution in [0.1, 0.15) is 39.6 Å². The van der Waals surface area contributed by atoms with Crippen molar-refractivity contribution in [2.75, 3.05) is 10.6 Å². The first kappa shape index (κ1) is 32.2. The molecule has 0 aliphatic carbocycles. The topological polar surface area (TPSA) is 174 Å². The number of nitro benzene ring substituents is 1. The van der Waals surface area contributed by atoms with Crippen LogP contribution in [0.15, 0.2) is 114 Å². The molecule has 4 amide bonds. The second-order valence-corrected chi connectivity index (χ2v) is 10.9. The zero-order valence-electron chi connectivity index (χ0n) is 24.1. The number of carbonyl (C=O) groups excluding carboxylic acids is 4. The van der Waals surface area contributed by atoms with Gasteiger partial charge in [-0.25, -0.2) is 0 Å². The van der Waals surface area contributed by atoms with Gasteiger partial charge in [0.25, 0.3) is 17.5 Å². The fourth-order valence-electron chi connectivity index (χ4n) is 4.15. The third-order valence-corrected chi connectivity index (χ3v) is 7.79. The van der Waals surface area contributed by atoms with Gasteiger partial charge in [0.05, 0.1) is 15.7 Å². The molecule has 0 aliphatic rings. The Balaban J connectivity index is 1.52. The van der Waals surface area contributed by atoms with E-state index in [4.69, 9.17) is 5.73 Å². The first-order valence-corrected chi connectivity index (χ1v) is 14.6. The highest BCUT2D eigenvalue weighted by Crippen LogP contribution is 2.29. The van der Waals surface area contributed by atoms with Gasteiger partial charge in [-0.05, 0) is 73.2 Å². The molecule has 0 saturated heterocycles. The molecule has 4 rings (SSSR count). The van der Waals surface area contributed by atoms with Crippen molar-refractivity contribution in [1.82, 2.24) is 5.32 Å². The molecule has 0 saturated carbocycles. The van der Waals surface area contributed by atoms with Gasteiger partial charge in [-0.1, -0.05) is 43.3 Å². The van der Waals surface area contributed by atoms with Crippen molar-refractivity contribution in [2.45, 2.75) is 23.5 Å². The summed E-state index contributed by atoms with van der Waals surface area (Å²) in [5.74, 6) is -2.09. The highest BCUT2D eigenvalue weighted by Gasteiger charge is 2.21. The highest BCUT2D eigenvalue weighted by atomic mass is 32.2. The Hall–Kier alpha value is -5.75. The second kappa shape index (κ2) is 15.1. The van der Waals surface area contributed by atoms with Crippen molar-refractivity contribution in [3.8, 4) is 0 Å². The van der Waals surface area contributed by atoms with Crippen molar-refractivity contribution in [2.24, 2.45) is 5.73 Å². The molecule has 0 bridgehead atoms. The van der Waals surface area contributed by atoms with Crippen molar-refractivity contribution in [3.63, 3.8) is 0 Å². The van der Waals surface area contributed by atoms with Gasteiger partial charge in [0, 0.05) is 33.5 Å². The van der Waals surface area contributed by atoms with E-state index in [2.05, 4.69) is 16.0 Å². The average molecular weight is 624 g/mol. The van der Waals surface area contributed by atoms with Gasteiger partial charge in [0.1, 0.15) is 5.70 Å². The quantitative estimate of drug-likeness (QED) is 0.0686. The van der Waals surface area contributed by atoms with E-state index >= 15 is 0 Å². The number of nitrogens with zero attached hydrogens (tertiary/aromatic N) is 1. The number of anilines is 2. The number of nitrogens with two attached hydrogens (primary N) is 1. The Morgan fingerprint density at radius 1 is 0.844 bits per heavy atom. The minimum atomic E-state index is -0.705. The monoisotopic (exact) mass is 623 g/mol. The number of hydrogen-bond donors (Lipinski definition) is 4. The van der Waals surface area contributed by atoms with Gasteiger partial charge in [0.2, 0.25) is 11.8 Å². The van der Waals surface area contributed by atoms with E-state index in [1.54, 1.807) is 72.8 Å². The van der Waals surface area contributed by atoms with E-state index < -0.39 is 27.9 Å². The van der Waals surface area contributed by atoms with E-state index in [9.17, 15) is 29.3 Å². The third kappa shape index (κ3) is 8.88. The summed E-state index contributed by atoms with van der Waals surface area (Å²) in [4.78, 5) is 62.4. The van der Waals surface area contributed by atoms with Crippen molar-refractivity contribution < 1.29 is 24.1 Å². The van der Waals surface area contributed by atoms with Gasteiger partial charge < -0.3 is 21.7 Å². The second-order valence-electron chi connectivity index (χ2n) is 9.62. The molecule has 0 radical (unpaired) electrons. The van der Waals surface area contributed by atoms with Crippen LogP contribution in [0.4, 0.5) is 17.1 Å². The Labute approximate surface area is 263 Å². The van der Waals surface area contributed by atoms with Gasteiger partial charge in [0.15, 0.2) is 0 Å². The fraction of sp³-hybridized carbons (Fsp3) is 0.0909. The summed E-state index contributed by atoms with van der Waals surface area (Å²) in [6, 6.07) is 27.2. The lowest BCUT2D eigenvalue weighted by atomic mass is 10.1. The zero-order chi connectivity index (χ0) is 32.3. The van der Waals surface area contributed by atoms with Gasteiger partial charge in [-0.15, -0.1) is 11.8 Å². The standard InChI is InChI=1S/C33H29N5O6S/c1-2-29(33(42)35-24-17-15-21(16-18-24)30(34)39)45-26-13-8-12-25(20-26)36-32(41)27(37-31(40)22-9-4-3-5-10-22)19-23-11-6-7-14-28(23)38(43)44/h3-20,29H,2H2,1H3,(H2,34,39)(H,35,42)(H,36,41)(H,37,40)/b27-19+. The summed E-state index contributed by atoms with van der Waals surface area (Å²) < 4.78 is 0. The maximum absolute atomic E-state index is 13.5. The number of nitrogens with one attached hydrogen (secondary N) is 3. The minimum Gasteiger partial charge on any atom is -0.366 e. The maximum atomic E-state index is 13.5. The van der Waals surface area contributed by atoms with Gasteiger partial charge in [-0.2, -0.15) is 0 Å². The fourth-order valence-corrected chi connectivity index (χ4v) is 5.16.